The van der Waals surface area contributed by atoms with E-state index in [0.717, 1.165) is 0 Å². The highest BCUT2D eigenvalue weighted by molar-refractivity contribution is 9.10. The zero-order chi connectivity index (χ0) is 12.4. The average molecular weight is 314 g/mol. The van der Waals surface area contributed by atoms with Gasteiger partial charge in [-0.3, -0.25) is 4.79 Å². The molecule has 0 heterocycles. The van der Waals surface area contributed by atoms with Crippen molar-refractivity contribution in [2.24, 2.45) is 0 Å². The molecular weight excluding hydrogens is 306 g/mol. The highest BCUT2D eigenvalue weighted by atomic mass is 79.9. The molecule has 0 spiro atoms. The molecule has 0 N–H and O–H groups in total. The molecule has 1 nitrogen and oxygen atoms in total. The van der Waals surface area contributed by atoms with E-state index in [1.54, 1.807) is 36.4 Å². The van der Waals surface area contributed by atoms with Crippen molar-refractivity contribution in [3.05, 3.63) is 68.9 Å². The molecular formula is C13H7BrClFO. The fourth-order valence-corrected chi connectivity index (χ4v) is 1.92. The van der Waals surface area contributed by atoms with E-state index in [1.165, 1.54) is 6.07 Å². The fourth-order valence-electron chi connectivity index (χ4n) is 1.45. The van der Waals surface area contributed by atoms with Gasteiger partial charge < -0.3 is 0 Å². The predicted molar refractivity (Wildman–Crippen MR) is 69.0 cm³/mol. The van der Waals surface area contributed by atoms with Gasteiger partial charge in [-0.05, 0) is 28.1 Å². The lowest BCUT2D eigenvalue weighted by Crippen LogP contribution is -2.04. The zero-order valence-corrected chi connectivity index (χ0v) is 10.9. The predicted octanol–water partition coefficient (Wildman–Crippen LogP) is 4.47. The third kappa shape index (κ3) is 2.40. The zero-order valence-electron chi connectivity index (χ0n) is 8.58. The SMILES string of the molecule is O=C(c1ccccc1)c1ccc(Br)c(Cl)c1F. The quantitative estimate of drug-likeness (QED) is 0.590. The molecule has 0 bridgehead atoms. The summed E-state index contributed by atoms with van der Waals surface area (Å²) < 4.78 is 14.2. The fraction of sp³-hybridized carbons (Fsp3) is 0. The van der Waals surface area contributed by atoms with Gasteiger partial charge in [0.2, 0.25) is 0 Å². The smallest absolute Gasteiger partial charge is 0.196 e. The number of hydrogen-bond acceptors (Lipinski definition) is 1. The minimum atomic E-state index is -0.699. The number of rotatable bonds is 2. The van der Waals surface area contributed by atoms with E-state index in [1.807, 2.05) is 0 Å². The molecule has 86 valence electrons. The molecule has 0 radical (unpaired) electrons. The summed E-state index contributed by atoms with van der Waals surface area (Å²) in [4.78, 5) is 12.0. The largest absolute Gasteiger partial charge is 0.288 e. The number of carbonyl (C=O) groups is 1. The van der Waals surface area contributed by atoms with Crippen molar-refractivity contribution in [1.29, 1.82) is 0 Å². The molecule has 0 aliphatic carbocycles. The molecule has 17 heavy (non-hydrogen) atoms. The van der Waals surface area contributed by atoms with E-state index in [4.69, 9.17) is 11.6 Å². The molecule has 2 aromatic carbocycles. The number of ketones is 1. The van der Waals surface area contributed by atoms with Crippen molar-refractivity contribution in [3.8, 4) is 0 Å². The molecule has 0 saturated carbocycles. The lowest BCUT2D eigenvalue weighted by atomic mass is 10.0. The van der Waals surface area contributed by atoms with Crippen molar-refractivity contribution in [1.82, 2.24) is 0 Å². The van der Waals surface area contributed by atoms with Crippen LogP contribution in [0.3, 0.4) is 0 Å². The standard InChI is InChI=1S/C13H7BrClFO/c14-10-7-6-9(12(16)11(10)15)13(17)8-4-2-1-3-5-8/h1-7H. The highest BCUT2D eigenvalue weighted by Gasteiger charge is 2.17. The third-order valence-corrected chi connectivity index (χ3v) is 3.57. The van der Waals surface area contributed by atoms with Crippen LogP contribution in [0.1, 0.15) is 15.9 Å². The Labute approximate surface area is 111 Å². The maximum absolute atomic E-state index is 13.8. The summed E-state index contributed by atoms with van der Waals surface area (Å²) >= 11 is 8.84. The first kappa shape index (κ1) is 12.3. The minimum absolute atomic E-state index is 0.0237. The second kappa shape index (κ2) is 4.98. The van der Waals surface area contributed by atoms with Gasteiger partial charge in [0, 0.05) is 10.0 Å². The minimum Gasteiger partial charge on any atom is -0.288 e. The molecule has 2 rings (SSSR count). The van der Waals surface area contributed by atoms with Crippen LogP contribution in [0.25, 0.3) is 0 Å². The summed E-state index contributed by atoms with van der Waals surface area (Å²) in [5, 5.41) is -0.0771. The van der Waals surface area contributed by atoms with Crippen LogP contribution in [0.15, 0.2) is 46.9 Å². The Bertz CT molecular complexity index is 569. The Morgan fingerprint density at radius 1 is 1.12 bits per heavy atom. The monoisotopic (exact) mass is 312 g/mol. The highest BCUT2D eigenvalue weighted by Crippen LogP contribution is 2.28. The van der Waals surface area contributed by atoms with E-state index in [-0.39, 0.29) is 16.4 Å². The normalized spacial score (nSPS) is 10.3. The van der Waals surface area contributed by atoms with E-state index < -0.39 is 5.82 Å². The van der Waals surface area contributed by atoms with Gasteiger partial charge in [-0.15, -0.1) is 0 Å². The van der Waals surface area contributed by atoms with Crippen LogP contribution in [0.2, 0.25) is 5.02 Å². The Morgan fingerprint density at radius 3 is 2.41 bits per heavy atom. The molecule has 0 atom stereocenters. The Hall–Kier alpha value is -1.19. The molecule has 0 unspecified atom stereocenters. The average Bonchev–Trinajstić information content (AvgIpc) is 2.36. The molecule has 0 saturated heterocycles. The van der Waals surface area contributed by atoms with Gasteiger partial charge in [0.05, 0.1) is 10.6 Å². The molecule has 0 aliphatic rings. The van der Waals surface area contributed by atoms with Crippen molar-refractivity contribution >= 4 is 33.3 Å². The first-order chi connectivity index (χ1) is 8.11. The van der Waals surface area contributed by atoms with Crippen LogP contribution >= 0.6 is 27.5 Å². The van der Waals surface area contributed by atoms with Gasteiger partial charge in [0.1, 0.15) is 0 Å². The van der Waals surface area contributed by atoms with Crippen LogP contribution in [-0.4, -0.2) is 5.78 Å². The van der Waals surface area contributed by atoms with Gasteiger partial charge in [-0.25, -0.2) is 4.39 Å². The maximum atomic E-state index is 13.8. The summed E-state index contributed by atoms with van der Waals surface area (Å²) in [6, 6.07) is 11.5. The van der Waals surface area contributed by atoms with E-state index in [0.29, 0.717) is 10.0 Å². The summed E-state index contributed by atoms with van der Waals surface area (Å²) in [5.74, 6) is -1.08. The number of hydrogen-bond donors (Lipinski definition) is 0. The Morgan fingerprint density at radius 2 is 1.76 bits per heavy atom. The molecule has 0 amide bonds. The van der Waals surface area contributed by atoms with Crippen molar-refractivity contribution in [3.63, 3.8) is 0 Å². The van der Waals surface area contributed by atoms with Gasteiger partial charge in [-0.1, -0.05) is 41.9 Å². The van der Waals surface area contributed by atoms with Gasteiger partial charge in [0.15, 0.2) is 11.6 Å². The molecule has 0 fully saturated rings. The van der Waals surface area contributed by atoms with Crippen LogP contribution in [0.5, 0.6) is 0 Å². The van der Waals surface area contributed by atoms with E-state index in [2.05, 4.69) is 15.9 Å². The lowest BCUT2D eigenvalue weighted by Gasteiger charge is -2.05. The summed E-state index contributed by atoms with van der Waals surface area (Å²) in [6.45, 7) is 0. The summed E-state index contributed by atoms with van der Waals surface area (Å²) in [5.41, 5.74) is 0.411. The van der Waals surface area contributed by atoms with Gasteiger partial charge >= 0.3 is 0 Å². The molecule has 4 heteroatoms. The van der Waals surface area contributed by atoms with Gasteiger partial charge in [0.25, 0.3) is 0 Å². The van der Waals surface area contributed by atoms with E-state index in [9.17, 15) is 9.18 Å². The Balaban J connectivity index is 2.49. The van der Waals surface area contributed by atoms with Crippen LogP contribution in [0.4, 0.5) is 4.39 Å². The number of benzene rings is 2. The summed E-state index contributed by atoms with van der Waals surface area (Å²) in [7, 11) is 0. The lowest BCUT2D eigenvalue weighted by molar-refractivity contribution is 0.103. The van der Waals surface area contributed by atoms with Crippen molar-refractivity contribution in [2.75, 3.05) is 0 Å². The van der Waals surface area contributed by atoms with Crippen LogP contribution < -0.4 is 0 Å². The number of halogens is 3. The van der Waals surface area contributed by atoms with Gasteiger partial charge in [-0.2, -0.15) is 0 Å². The molecule has 2 aromatic rings. The Kier molecular flexibility index (Phi) is 3.60. The maximum Gasteiger partial charge on any atom is 0.196 e. The molecule has 0 aliphatic heterocycles. The first-order valence-electron chi connectivity index (χ1n) is 4.84. The van der Waals surface area contributed by atoms with Crippen molar-refractivity contribution < 1.29 is 9.18 Å². The van der Waals surface area contributed by atoms with Crippen molar-refractivity contribution in [2.45, 2.75) is 0 Å². The third-order valence-electron chi connectivity index (χ3n) is 2.32. The number of carbonyl (C=O) groups excluding carboxylic acids is 1. The second-order valence-corrected chi connectivity index (χ2v) is 4.65. The van der Waals surface area contributed by atoms with E-state index >= 15 is 0 Å². The van der Waals surface area contributed by atoms with Crippen LogP contribution in [0, 0.1) is 5.82 Å². The van der Waals surface area contributed by atoms with Crippen LogP contribution in [-0.2, 0) is 0 Å². The molecule has 0 aromatic heterocycles. The second-order valence-electron chi connectivity index (χ2n) is 3.42. The first-order valence-corrected chi connectivity index (χ1v) is 6.01. The summed E-state index contributed by atoms with van der Waals surface area (Å²) in [6.07, 6.45) is 0. The topological polar surface area (TPSA) is 17.1 Å².